The highest BCUT2D eigenvalue weighted by Gasteiger charge is 2.24. The topological polar surface area (TPSA) is 33.6 Å². The molecule has 1 N–H and O–H groups in total. The largest absolute Gasteiger partial charge is 0.493 e. The van der Waals surface area contributed by atoms with Crippen molar-refractivity contribution >= 4 is 16.9 Å². The van der Waals surface area contributed by atoms with Crippen molar-refractivity contribution < 1.29 is 4.74 Å². The molecule has 2 heterocycles. The van der Waals surface area contributed by atoms with Gasteiger partial charge in [-0.1, -0.05) is 36.9 Å². The van der Waals surface area contributed by atoms with Gasteiger partial charge in [0.15, 0.2) is 5.17 Å². The lowest BCUT2D eigenvalue weighted by molar-refractivity contribution is 0.262. The van der Waals surface area contributed by atoms with E-state index in [9.17, 15) is 0 Å². The number of amidine groups is 1. The third-order valence-corrected chi connectivity index (χ3v) is 4.08. The van der Waals surface area contributed by atoms with E-state index < -0.39 is 0 Å². The Morgan fingerprint density at radius 1 is 1.41 bits per heavy atom. The number of rotatable bonds is 1. The molecule has 3 nitrogen and oxygen atoms in total. The van der Waals surface area contributed by atoms with Gasteiger partial charge < -0.3 is 10.1 Å². The van der Waals surface area contributed by atoms with E-state index in [1.165, 1.54) is 5.56 Å². The standard InChI is InChI=1S/C13H16N2OS/c1-9-8-14-13(17-9)15-11-6-7-16-12-5-3-2-4-10(11)12/h2-5,9,11H,6-8H2,1H3,(H,14,15). The molecule has 2 aliphatic rings. The molecule has 1 aromatic carbocycles. The van der Waals surface area contributed by atoms with Crippen LogP contribution in [0.1, 0.15) is 24.9 Å². The molecule has 0 saturated carbocycles. The Morgan fingerprint density at radius 2 is 2.29 bits per heavy atom. The molecule has 0 aromatic heterocycles. The predicted molar refractivity (Wildman–Crippen MR) is 71.8 cm³/mol. The lowest BCUT2D eigenvalue weighted by Gasteiger charge is -2.27. The lowest BCUT2D eigenvalue weighted by Crippen LogP contribution is -2.30. The van der Waals surface area contributed by atoms with Gasteiger partial charge in [0.25, 0.3) is 0 Å². The fraction of sp³-hybridized carbons (Fsp3) is 0.462. The van der Waals surface area contributed by atoms with E-state index in [-0.39, 0.29) is 0 Å². The van der Waals surface area contributed by atoms with Crippen LogP contribution >= 0.6 is 11.8 Å². The number of benzene rings is 1. The second-order valence-electron chi connectivity index (χ2n) is 4.45. The van der Waals surface area contributed by atoms with E-state index in [4.69, 9.17) is 4.74 Å². The van der Waals surface area contributed by atoms with Gasteiger partial charge in [-0.3, -0.25) is 4.99 Å². The highest BCUT2D eigenvalue weighted by Crippen LogP contribution is 2.32. The summed E-state index contributed by atoms with van der Waals surface area (Å²) in [5.74, 6) is 1.01. The first kappa shape index (κ1) is 11.0. The number of para-hydroxylation sites is 1. The minimum Gasteiger partial charge on any atom is -0.493 e. The van der Waals surface area contributed by atoms with Gasteiger partial charge in [-0.15, -0.1) is 0 Å². The van der Waals surface area contributed by atoms with Gasteiger partial charge in [0, 0.05) is 17.2 Å². The van der Waals surface area contributed by atoms with Crippen molar-refractivity contribution in [3.05, 3.63) is 29.8 Å². The number of thioether (sulfide) groups is 1. The van der Waals surface area contributed by atoms with Crippen molar-refractivity contribution in [2.45, 2.75) is 24.6 Å². The van der Waals surface area contributed by atoms with Crippen LogP contribution in [0.25, 0.3) is 0 Å². The predicted octanol–water partition coefficient (Wildman–Crippen LogP) is 2.59. The molecule has 0 radical (unpaired) electrons. The fourth-order valence-electron chi connectivity index (χ4n) is 2.20. The highest BCUT2D eigenvalue weighted by molar-refractivity contribution is 8.14. The Balaban J connectivity index is 1.77. The molecular weight excluding hydrogens is 232 g/mol. The molecule has 2 aliphatic heterocycles. The van der Waals surface area contributed by atoms with Gasteiger partial charge in [0.05, 0.1) is 19.2 Å². The zero-order valence-electron chi connectivity index (χ0n) is 9.85. The average molecular weight is 248 g/mol. The molecule has 0 saturated heterocycles. The summed E-state index contributed by atoms with van der Waals surface area (Å²) in [5, 5.41) is 5.22. The van der Waals surface area contributed by atoms with Crippen molar-refractivity contribution in [3.63, 3.8) is 0 Å². The molecule has 0 fully saturated rings. The van der Waals surface area contributed by atoms with E-state index in [1.54, 1.807) is 0 Å². The van der Waals surface area contributed by atoms with Gasteiger partial charge in [0.2, 0.25) is 0 Å². The summed E-state index contributed by atoms with van der Waals surface area (Å²) in [4.78, 5) is 4.51. The van der Waals surface area contributed by atoms with E-state index >= 15 is 0 Å². The van der Waals surface area contributed by atoms with Crippen molar-refractivity contribution in [2.75, 3.05) is 13.2 Å². The Hall–Kier alpha value is -1.16. The molecule has 2 atom stereocenters. The Bertz CT molecular complexity index is 447. The van der Waals surface area contributed by atoms with Crippen molar-refractivity contribution in [1.29, 1.82) is 0 Å². The second-order valence-corrected chi connectivity index (χ2v) is 5.87. The number of nitrogens with one attached hydrogen (secondary N) is 1. The normalized spacial score (nSPS) is 27.0. The summed E-state index contributed by atoms with van der Waals surface area (Å²) in [5.41, 5.74) is 1.25. The van der Waals surface area contributed by atoms with Crippen LogP contribution < -0.4 is 10.1 Å². The van der Waals surface area contributed by atoms with Crippen LogP contribution in [0, 0.1) is 0 Å². The number of aliphatic imine (C=N–C) groups is 1. The monoisotopic (exact) mass is 248 g/mol. The van der Waals surface area contributed by atoms with Crippen LogP contribution in [0.5, 0.6) is 5.75 Å². The summed E-state index contributed by atoms with van der Waals surface area (Å²) in [6.07, 6.45) is 1.00. The molecule has 1 aromatic rings. The molecule has 90 valence electrons. The van der Waals surface area contributed by atoms with Crippen LogP contribution in [-0.2, 0) is 0 Å². The van der Waals surface area contributed by atoms with Crippen LogP contribution in [0.3, 0.4) is 0 Å². The zero-order valence-corrected chi connectivity index (χ0v) is 10.7. The molecule has 17 heavy (non-hydrogen) atoms. The van der Waals surface area contributed by atoms with Gasteiger partial charge in [-0.2, -0.15) is 0 Å². The van der Waals surface area contributed by atoms with Crippen LogP contribution in [0.15, 0.2) is 29.3 Å². The summed E-state index contributed by atoms with van der Waals surface area (Å²) in [6, 6.07) is 8.60. The van der Waals surface area contributed by atoms with Crippen LogP contribution in [-0.4, -0.2) is 23.6 Å². The summed E-state index contributed by atoms with van der Waals surface area (Å²) in [6.45, 7) is 3.92. The molecule has 0 amide bonds. The summed E-state index contributed by atoms with van der Waals surface area (Å²) in [7, 11) is 0. The van der Waals surface area contributed by atoms with Crippen LogP contribution in [0.4, 0.5) is 0 Å². The SMILES string of the molecule is CC1CN=C(NC2CCOc3ccccc32)S1. The number of nitrogens with zero attached hydrogens (tertiary/aromatic N) is 1. The highest BCUT2D eigenvalue weighted by atomic mass is 32.2. The first-order valence-electron chi connectivity index (χ1n) is 6.02. The number of hydrogen-bond acceptors (Lipinski definition) is 4. The molecule has 0 spiro atoms. The molecule has 0 bridgehead atoms. The smallest absolute Gasteiger partial charge is 0.157 e. The quantitative estimate of drug-likeness (QED) is 0.829. The number of fused-ring (bicyclic) bond motifs is 1. The van der Waals surface area contributed by atoms with Gasteiger partial charge >= 0.3 is 0 Å². The maximum absolute atomic E-state index is 5.65. The lowest BCUT2D eigenvalue weighted by atomic mass is 10.0. The molecule has 0 aliphatic carbocycles. The van der Waals surface area contributed by atoms with E-state index in [1.807, 2.05) is 23.9 Å². The average Bonchev–Trinajstić information content (AvgIpc) is 2.75. The van der Waals surface area contributed by atoms with E-state index in [0.29, 0.717) is 11.3 Å². The molecule has 2 unspecified atom stereocenters. The first-order valence-corrected chi connectivity index (χ1v) is 6.90. The fourth-order valence-corrected chi connectivity index (χ4v) is 3.09. The zero-order chi connectivity index (χ0) is 11.7. The van der Waals surface area contributed by atoms with Gasteiger partial charge in [-0.25, -0.2) is 0 Å². The minimum absolute atomic E-state index is 0.344. The summed E-state index contributed by atoms with van der Waals surface area (Å²) < 4.78 is 5.65. The Morgan fingerprint density at radius 3 is 3.12 bits per heavy atom. The van der Waals surface area contributed by atoms with E-state index in [0.717, 1.165) is 30.5 Å². The third kappa shape index (κ3) is 2.27. The third-order valence-electron chi connectivity index (χ3n) is 3.06. The number of ether oxygens (including phenoxy) is 1. The minimum atomic E-state index is 0.344. The second kappa shape index (κ2) is 4.61. The molecule has 3 rings (SSSR count). The van der Waals surface area contributed by atoms with Crippen LogP contribution in [0.2, 0.25) is 0 Å². The first-order chi connectivity index (χ1) is 8.33. The van der Waals surface area contributed by atoms with Gasteiger partial charge in [0.1, 0.15) is 5.75 Å². The van der Waals surface area contributed by atoms with Crippen molar-refractivity contribution in [2.24, 2.45) is 4.99 Å². The Labute approximate surface area is 106 Å². The maximum Gasteiger partial charge on any atom is 0.157 e. The van der Waals surface area contributed by atoms with E-state index in [2.05, 4.69) is 29.4 Å². The summed E-state index contributed by atoms with van der Waals surface area (Å²) >= 11 is 1.83. The molecule has 4 heteroatoms. The van der Waals surface area contributed by atoms with Crippen molar-refractivity contribution in [3.8, 4) is 5.75 Å². The van der Waals surface area contributed by atoms with Crippen molar-refractivity contribution in [1.82, 2.24) is 5.32 Å². The molecular formula is C13H16N2OS. The number of hydrogen-bond donors (Lipinski definition) is 1. The maximum atomic E-state index is 5.65. The Kier molecular flexibility index (Phi) is 2.97. The van der Waals surface area contributed by atoms with Gasteiger partial charge in [-0.05, 0) is 6.07 Å².